The predicted molar refractivity (Wildman–Crippen MR) is 116 cm³/mol. The van der Waals surface area contributed by atoms with Crippen LogP contribution in [0.3, 0.4) is 0 Å². The third-order valence-corrected chi connectivity index (χ3v) is 8.40. The Hall–Kier alpha value is -1.50. The molecule has 10 heteroatoms. The zero-order chi connectivity index (χ0) is 21.4. The van der Waals surface area contributed by atoms with Crippen molar-refractivity contribution in [3.63, 3.8) is 0 Å². The minimum absolute atomic E-state index is 0.0356. The molecule has 0 spiro atoms. The van der Waals surface area contributed by atoms with Crippen molar-refractivity contribution in [3.8, 4) is 0 Å². The van der Waals surface area contributed by atoms with Crippen LogP contribution in [-0.4, -0.2) is 40.7 Å². The summed E-state index contributed by atoms with van der Waals surface area (Å²) in [5, 5.41) is 21.6. The lowest BCUT2D eigenvalue weighted by Gasteiger charge is -2.20. The van der Waals surface area contributed by atoms with Gasteiger partial charge in [-0.1, -0.05) is 0 Å². The summed E-state index contributed by atoms with van der Waals surface area (Å²) in [4.78, 5) is 12.1. The molecule has 2 aromatic rings. The monoisotopic (exact) mass is 536 g/mol. The van der Waals surface area contributed by atoms with Gasteiger partial charge < -0.3 is 20.1 Å². The second-order valence-electron chi connectivity index (χ2n) is 7.39. The third kappa shape index (κ3) is 4.81. The lowest BCUT2D eigenvalue weighted by atomic mass is 10.2. The number of nitrogens with one attached hydrogen (secondary N) is 1. The number of rotatable bonds is 8. The molecule has 7 nitrogen and oxygen atoms in total. The summed E-state index contributed by atoms with van der Waals surface area (Å²) in [5.74, 6) is -0.885. The fourth-order valence-corrected chi connectivity index (χ4v) is 5.85. The van der Waals surface area contributed by atoms with E-state index in [0.717, 1.165) is 0 Å². The van der Waals surface area contributed by atoms with Crippen LogP contribution in [-0.2, 0) is 22.6 Å². The molecule has 1 aromatic heterocycles. The lowest BCUT2D eigenvalue weighted by molar-refractivity contribution is 0.0857. The van der Waals surface area contributed by atoms with Crippen molar-refractivity contribution in [2.24, 2.45) is 7.05 Å². The number of aliphatic hydroxyl groups excluding tert-OH is 2. The van der Waals surface area contributed by atoms with Gasteiger partial charge in [-0.2, -0.15) is 0 Å². The molecule has 1 saturated carbocycles. The Morgan fingerprint density at radius 3 is 2.59 bits per heavy atom. The Labute approximate surface area is 181 Å². The van der Waals surface area contributed by atoms with E-state index in [4.69, 9.17) is 5.11 Å². The number of aryl methyl sites for hydroxylation is 1. The normalized spacial score (nSPS) is 16.4. The van der Waals surface area contributed by atoms with Gasteiger partial charge >= 0.3 is 0 Å². The van der Waals surface area contributed by atoms with E-state index in [-0.39, 0.29) is 29.1 Å². The second-order valence-corrected chi connectivity index (χ2v) is 11.0. The van der Waals surface area contributed by atoms with E-state index in [2.05, 4.69) is 5.32 Å². The van der Waals surface area contributed by atoms with Gasteiger partial charge in [-0.05, 0) is 60.1 Å². The number of benzene rings is 1. The average Bonchev–Trinajstić information content (AvgIpc) is 3.42. The van der Waals surface area contributed by atoms with E-state index in [1.54, 1.807) is 6.07 Å². The van der Waals surface area contributed by atoms with Gasteiger partial charge in [0.15, 0.2) is 9.84 Å². The average molecular weight is 536 g/mol. The maximum absolute atomic E-state index is 14.2. The quantitative estimate of drug-likeness (QED) is 0.446. The summed E-state index contributed by atoms with van der Waals surface area (Å²) in [7, 11) is -2.18. The summed E-state index contributed by atoms with van der Waals surface area (Å²) in [6.07, 6.45) is 1.10. The fourth-order valence-electron chi connectivity index (χ4n) is 3.29. The molecule has 0 radical (unpaired) electrons. The van der Waals surface area contributed by atoms with Crippen LogP contribution in [0.1, 0.15) is 24.8 Å². The maximum atomic E-state index is 14.2. The highest BCUT2D eigenvalue weighted by Gasteiger charge is 2.54. The molecule has 3 N–H and O–H groups in total. The molecule has 1 fully saturated rings. The summed E-state index contributed by atoms with van der Waals surface area (Å²) in [6.45, 7) is -0.504. The minimum atomic E-state index is -3.69. The molecule has 1 atom stereocenters. The molecule has 1 aliphatic rings. The van der Waals surface area contributed by atoms with Crippen LogP contribution in [0.2, 0.25) is 0 Å². The summed E-state index contributed by atoms with van der Waals surface area (Å²) < 4.78 is 41.3. The Bertz CT molecular complexity index is 1080. The Morgan fingerprint density at radius 2 is 2.00 bits per heavy atom. The number of sulfone groups is 1. The molecule has 1 aromatic carbocycles. The summed E-state index contributed by atoms with van der Waals surface area (Å²) >= 11 is 1.98. The molecule has 1 heterocycles. The van der Waals surface area contributed by atoms with Crippen molar-refractivity contribution in [2.75, 3.05) is 11.9 Å². The first-order valence-corrected chi connectivity index (χ1v) is 11.7. The number of anilines is 2. The van der Waals surface area contributed by atoms with Gasteiger partial charge in [0.05, 0.1) is 28.9 Å². The van der Waals surface area contributed by atoms with Gasteiger partial charge in [0.2, 0.25) is 0 Å². The smallest absolute Gasteiger partial charge is 0.252 e. The molecule has 0 aliphatic heterocycles. The first kappa shape index (κ1) is 22.2. The zero-order valence-electron chi connectivity index (χ0n) is 15.7. The Morgan fingerprint density at radius 1 is 1.31 bits per heavy atom. The number of hydrogen-bond donors (Lipinski definition) is 3. The van der Waals surface area contributed by atoms with Crippen LogP contribution in [0.5, 0.6) is 0 Å². The molecular weight excluding hydrogens is 514 g/mol. The molecule has 0 amide bonds. The van der Waals surface area contributed by atoms with Crippen LogP contribution in [0.15, 0.2) is 35.3 Å². The van der Waals surface area contributed by atoms with E-state index >= 15 is 0 Å². The lowest BCUT2D eigenvalue weighted by Crippen LogP contribution is -2.31. The van der Waals surface area contributed by atoms with Gasteiger partial charge in [0, 0.05) is 34.1 Å². The number of aliphatic hydroxyl groups is 2. The second kappa shape index (κ2) is 8.32. The van der Waals surface area contributed by atoms with E-state index < -0.39 is 33.1 Å². The van der Waals surface area contributed by atoms with Crippen LogP contribution in [0, 0.1) is 9.39 Å². The van der Waals surface area contributed by atoms with Gasteiger partial charge in [-0.15, -0.1) is 0 Å². The molecule has 0 bridgehead atoms. The molecule has 3 rings (SSSR count). The van der Waals surface area contributed by atoms with E-state index in [1.165, 1.54) is 36.0 Å². The maximum Gasteiger partial charge on any atom is 0.252 e. The minimum Gasteiger partial charge on any atom is -0.394 e. The van der Waals surface area contributed by atoms with Gasteiger partial charge in [-0.25, -0.2) is 12.8 Å². The molecular formula is C19H22FIN2O5S. The van der Waals surface area contributed by atoms with Crippen molar-refractivity contribution in [1.82, 2.24) is 4.57 Å². The summed E-state index contributed by atoms with van der Waals surface area (Å²) in [6, 6.07) is 5.78. The number of nitrogens with zero attached hydrogens (tertiary/aromatic N) is 1. The number of hydrogen-bond acceptors (Lipinski definition) is 6. The first-order chi connectivity index (χ1) is 13.6. The topological polar surface area (TPSA) is 109 Å². The van der Waals surface area contributed by atoms with Crippen LogP contribution < -0.4 is 10.9 Å². The van der Waals surface area contributed by atoms with Crippen LogP contribution in [0.25, 0.3) is 0 Å². The standard InChI is InChI=1S/C19H22FIN2O5S/c1-23-9-12(11-29(27,28)19(4-5-19)8-14(25)10-24)17(7-18(23)26)22-16-3-2-13(21)6-15(16)20/h2-3,6-7,9,14,22,24-25H,4-5,8,10-11H2,1H3. The van der Waals surface area contributed by atoms with Gasteiger partial charge in [0.1, 0.15) is 5.82 Å². The van der Waals surface area contributed by atoms with Crippen molar-refractivity contribution in [2.45, 2.75) is 35.9 Å². The highest BCUT2D eigenvalue weighted by atomic mass is 127. The molecule has 0 saturated heterocycles. The largest absolute Gasteiger partial charge is 0.394 e. The van der Waals surface area contributed by atoms with E-state index in [1.807, 2.05) is 22.6 Å². The first-order valence-electron chi connectivity index (χ1n) is 9.00. The molecule has 1 aliphatic carbocycles. The fraction of sp³-hybridized carbons (Fsp3) is 0.421. The van der Waals surface area contributed by atoms with Crippen molar-refractivity contribution in [3.05, 3.63) is 55.8 Å². The highest BCUT2D eigenvalue weighted by Crippen LogP contribution is 2.49. The summed E-state index contributed by atoms with van der Waals surface area (Å²) in [5.41, 5.74) is 0.315. The van der Waals surface area contributed by atoms with Crippen LogP contribution in [0.4, 0.5) is 15.8 Å². The van der Waals surface area contributed by atoms with Gasteiger partial charge in [-0.3, -0.25) is 4.79 Å². The third-order valence-electron chi connectivity index (χ3n) is 5.14. The van der Waals surface area contributed by atoms with Crippen molar-refractivity contribution >= 4 is 43.8 Å². The number of halogens is 2. The van der Waals surface area contributed by atoms with E-state index in [9.17, 15) is 22.7 Å². The Kier molecular flexibility index (Phi) is 6.37. The van der Waals surface area contributed by atoms with Crippen molar-refractivity contribution < 1.29 is 23.0 Å². The van der Waals surface area contributed by atoms with E-state index in [0.29, 0.717) is 22.0 Å². The van der Waals surface area contributed by atoms with Crippen molar-refractivity contribution in [1.29, 1.82) is 0 Å². The molecule has 29 heavy (non-hydrogen) atoms. The van der Waals surface area contributed by atoms with Crippen LogP contribution >= 0.6 is 22.6 Å². The SMILES string of the molecule is Cn1cc(CS(=O)(=O)C2(CC(O)CO)CC2)c(Nc2ccc(I)cc2F)cc1=O. The number of pyridine rings is 1. The molecule has 1 unspecified atom stereocenters. The zero-order valence-corrected chi connectivity index (χ0v) is 18.7. The van der Waals surface area contributed by atoms with Gasteiger partial charge in [0.25, 0.3) is 5.56 Å². The predicted octanol–water partition coefficient (Wildman–Crippen LogP) is 2.06. The number of aromatic nitrogens is 1. The highest BCUT2D eigenvalue weighted by molar-refractivity contribution is 14.1. The molecule has 158 valence electrons. The Balaban J connectivity index is 1.95.